The molecule has 1 N–H and O–H groups in total. The monoisotopic (exact) mass is 283 g/mol. The molecule has 0 radical (unpaired) electrons. The minimum Gasteiger partial charge on any atom is -0.465 e. The molecule has 1 aliphatic carbocycles. The van der Waals surface area contributed by atoms with Crippen molar-refractivity contribution in [3.63, 3.8) is 0 Å². The Bertz CT molecular complexity index is 606. The molecule has 1 aromatic carbocycles. The molecule has 0 aliphatic heterocycles. The zero-order valence-corrected chi connectivity index (χ0v) is 12.4. The summed E-state index contributed by atoms with van der Waals surface area (Å²) in [4.78, 5) is 14.6. The van der Waals surface area contributed by atoms with Gasteiger partial charge in [-0.15, -0.1) is 0 Å². The first kappa shape index (κ1) is 13.9. The molecular weight excluding hydrogens is 262 g/mol. The maximum absolute atomic E-state index is 11.5. The number of ether oxygens (including phenoxy) is 1. The second-order valence-electron chi connectivity index (χ2n) is 5.75. The standard InChI is InChI=1S/C18H21NO2/c1-21-18(20)16-11-17(19-12-16)15-9-7-14(8-10-15)13-5-3-2-4-6-13/h7-13,19H,2-6H2,1H3. The fraction of sp³-hybridized carbons (Fsp3) is 0.389. The summed E-state index contributed by atoms with van der Waals surface area (Å²) in [6.07, 6.45) is 8.41. The predicted octanol–water partition coefficient (Wildman–Crippen LogP) is 4.52. The van der Waals surface area contributed by atoms with Crippen molar-refractivity contribution < 1.29 is 9.53 Å². The first-order valence-electron chi connectivity index (χ1n) is 7.65. The summed E-state index contributed by atoms with van der Waals surface area (Å²) in [5.41, 5.74) is 4.05. The molecule has 1 heterocycles. The largest absolute Gasteiger partial charge is 0.465 e. The summed E-state index contributed by atoms with van der Waals surface area (Å²) < 4.78 is 4.72. The number of H-pyrrole nitrogens is 1. The molecule has 3 heteroatoms. The number of aromatic nitrogens is 1. The van der Waals surface area contributed by atoms with E-state index < -0.39 is 0 Å². The lowest BCUT2D eigenvalue weighted by molar-refractivity contribution is 0.0601. The number of nitrogens with one attached hydrogen (secondary N) is 1. The van der Waals surface area contributed by atoms with Gasteiger partial charge in [-0.3, -0.25) is 0 Å². The second kappa shape index (κ2) is 6.17. The molecule has 0 spiro atoms. The lowest BCUT2D eigenvalue weighted by Crippen LogP contribution is -2.04. The fourth-order valence-corrected chi connectivity index (χ4v) is 3.17. The molecule has 0 atom stereocenters. The Morgan fingerprint density at radius 2 is 1.86 bits per heavy atom. The molecule has 0 saturated heterocycles. The summed E-state index contributed by atoms with van der Waals surface area (Å²) in [5.74, 6) is 0.415. The van der Waals surface area contributed by atoms with E-state index in [0.717, 1.165) is 17.2 Å². The van der Waals surface area contributed by atoms with Gasteiger partial charge < -0.3 is 9.72 Å². The number of esters is 1. The van der Waals surface area contributed by atoms with Gasteiger partial charge >= 0.3 is 5.97 Å². The third-order valence-electron chi connectivity index (χ3n) is 4.40. The third kappa shape index (κ3) is 3.02. The van der Waals surface area contributed by atoms with Crippen molar-refractivity contribution in [1.29, 1.82) is 0 Å². The molecule has 1 saturated carbocycles. The van der Waals surface area contributed by atoms with Gasteiger partial charge in [0.05, 0.1) is 12.7 Å². The summed E-state index contributed by atoms with van der Waals surface area (Å²) in [6, 6.07) is 10.6. The van der Waals surface area contributed by atoms with E-state index in [1.54, 1.807) is 6.20 Å². The van der Waals surface area contributed by atoms with Crippen molar-refractivity contribution in [3.05, 3.63) is 47.7 Å². The van der Waals surface area contributed by atoms with Crippen LogP contribution in [0, 0.1) is 0 Å². The van der Waals surface area contributed by atoms with Crippen LogP contribution in [0.4, 0.5) is 0 Å². The van der Waals surface area contributed by atoms with Gasteiger partial charge in [-0.1, -0.05) is 43.5 Å². The molecule has 0 unspecified atom stereocenters. The number of rotatable bonds is 3. The van der Waals surface area contributed by atoms with E-state index in [4.69, 9.17) is 4.74 Å². The molecule has 0 amide bonds. The van der Waals surface area contributed by atoms with E-state index in [1.165, 1.54) is 44.8 Å². The van der Waals surface area contributed by atoms with Crippen LogP contribution in [0.25, 0.3) is 11.3 Å². The van der Waals surface area contributed by atoms with Gasteiger partial charge in [-0.2, -0.15) is 0 Å². The molecule has 0 bridgehead atoms. The minimum absolute atomic E-state index is 0.309. The lowest BCUT2D eigenvalue weighted by Gasteiger charge is -2.22. The van der Waals surface area contributed by atoms with Crippen LogP contribution in [0.5, 0.6) is 0 Å². The quantitative estimate of drug-likeness (QED) is 0.842. The number of aromatic amines is 1. The first-order chi connectivity index (χ1) is 10.3. The van der Waals surface area contributed by atoms with Gasteiger partial charge in [0.1, 0.15) is 0 Å². The Morgan fingerprint density at radius 1 is 1.14 bits per heavy atom. The summed E-state index contributed by atoms with van der Waals surface area (Å²) in [5, 5.41) is 0. The van der Waals surface area contributed by atoms with Crippen LogP contribution < -0.4 is 0 Å². The van der Waals surface area contributed by atoms with E-state index in [2.05, 4.69) is 29.2 Å². The summed E-state index contributed by atoms with van der Waals surface area (Å²) >= 11 is 0. The number of carbonyl (C=O) groups excluding carboxylic acids is 1. The van der Waals surface area contributed by atoms with E-state index in [0.29, 0.717) is 5.56 Å². The van der Waals surface area contributed by atoms with Gasteiger partial charge in [-0.05, 0) is 36.0 Å². The first-order valence-corrected chi connectivity index (χ1v) is 7.65. The van der Waals surface area contributed by atoms with Gasteiger partial charge in [0.15, 0.2) is 0 Å². The molecule has 21 heavy (non-hydrogen) atoms. The predicted molar refractivity (Wildman–Crippen MR) is 83.4 cm³/mol. The number of hydrogen-bond acceptors (Lipinski definition) is 2. The zero-order valence-electron chi connectivity index (χ0n) is 12.4. The average Bonchev–Trinajstić information content (AvgIpc) is 3.05. The smallest absolute Gasteiger partial charge is 0.339 e. The maximum Gasteiger partial charge on any atom is 0.339 e. The Labute approximate surface area is 125 Å². The molecule has 1 aromatic heterocycles. The molecule has 3 rings (SSSR count). The summed E-state index contributed by atoms with van der Waals surface area (Å²) in [7, 11) is 1.40. The molecule has 110 valence electrons. The summed E-state index contributed by atoms with van der Waals surface area (Å²) in [6.45, 7) is 0. The van der Waals surface area contributed by atoms with Crippen molar-refractivity contribution in [3.8, 4) is 11.3 Å². The molecule has 1 aliphatic rings. The fourth-order valence-electron chi connectivity index (χ4n) is 3.17. The van der Waals surface area contributed by atoms with Crippen LogP contribution in [0.1, 0.15) is 53.9 Å². The minimum atomic E-state index is -0.309. The van der Waals surface area contributed by atoms with Crippen LogP contribution in [-0.4, -0.2) is 18.1 Å². The van der Waals surface area contributed by atoms with Crippen LogP contribution in [-0.2, 0) is 4.74 Å². The van der Waals surface area contributed by atoms with Gasteiger partial charge in [0, 0.05) is 11.9 Å². The molecular formula is C18H21NO2. The van der Waals surface area contributed by atoms with Crippen LogP contribution in [0.3, 0.4) is 0 Å². The van der Waals surface area contributed by atoms with Crippen molar-refractivity contribution in [1.82, 2.24) is 4.98 Å². The number of benzene rings is 1. The second-order valence-corrected chi connectivity index (χ2v) is 5.75. The SMILES string of the molecule is COC(=O)c1c[nH]c(-c2ccc(C3CCCCC3)cc2)c1. The van der Waals surface area contributed by atoms with Crippen LogP contribution in [0.2, 0.25) is 0 Å². The Kier molecular flexibility index (Phi) is 4.09. The number of carbonyl (C=O) groups is 1. The van der Waals surface area contributed by atoms with E-state index >= 15 is 0 Å². The normalized spacial score (nSPS) is 15.9. The molecule has 1 fully saturated rings. The highest BCUT2D eigenvalue weighted by molar-refractivity contribution is 5.90. The Balaban J connectivity index is 1.77. The molecule has 2 aromatic rings. The van der Waals surface area contributed by atoms with Gasteiger partial charge in [0.25, 0.3) is 0 Å². The van der Waals surface area contributed by atoms with E-state index in [1.807, 2.05) is 6.07 Å². The number of methoxy groups -OCH3 is 1. The Morgan fingerprint density at radius 3 is 2.52 bits per heavy atom. The van der Waals surface area contributed by atoms with E-state index in [9.17, 15) is 4.79 Å². The van der Waals surface area contributed by atoms with Crippen molar-refractivity contribution in [2.75, 3.05) is 7.11 Å². The zero-order chi connectivity index (χ0) is 14.7. The lowest BCUT2D eigenvalue weighted by atomic mass is 9.84. The average molecular weight is 283 g/mol. The third-order valence-corrected chi connectivity index (χ3v) is 4.40. The maximum atomic E-state index is 11.5. The van der Waals surface area contributed by atoms with Crippen molar-refractivity contribution >= 4 is 5.97 Å². The topological polar surface area (TPSA) is 42.1 Å². The number of hydrogen-bond donors (Lipinski definition) is 1. The van der Waals surface area contributed by atoms with Gasteiger partial charge in [-0.25, -0.2) is 4.79 Å². The van der Waals surface area contributed by atoms with Crippen LogP contribution >= 0.6 is 0 Å². The van der Waals surface area contributed by atoms with Crippen molar-refractivity contribution in [2.24, 2.45) is 0 Å². The van der Waals surface area contributed by atoms with Gasteiger partial charge in [0.2, 0.25) is 0 Å². The van der Waals surface area contributed by atoms with Crippen LogP contribution in [0.15, 0.2) is 36.5 Å². The highest BCUT2D eigenvalue weighted by Crippen LogP contribution is 2.33. The van der Waals surface area contributed by atoms with Crippen molar-refractivity contribution in [2.45, 2.75) is 38.0 Å². The van der Waals surface area contributed by atoms with E-state index in [-0.39, 0.29) is 5.97 Å². The molecule has 3 nitrogen and oxygen atoms in total. The highest BCUT2D eigenvalue weighted by atomic mass is 16.5. The Hall–Kier alpha value is -2.03. The highest BCUT2D eigenvalue weighted by Gasteiger charge is 2.15.